The fourth-order valence-corrected chi connectivity index (χ4v) is 2.00. The molecular formula is C13H19N3O2. The molecule has 1 atom stereocenters. The van der Waals surface area contributed by atoms with Gasteiger partial charge in [0.05, 0.1) is 0 Å². The van der Waals surface area contributed by atoms with Crippen molar-refractivity contribution in [3.8, 4) is 0 Å². The highest BCUT2D eigenvalue weighted by molar-refractivity contribution is 5.93. The van der Waals surface area contributed by atoms with E-state index in [1.165, 1.54) is 0 Å². The molecule has 0 aliphatic carbocycles. The van der Waals surface area contributed by atoms with Gasteiger partial charge in [-0.05, 0) is 30.9 Å². The number of ether oxygens (including phenoxy) is 1. The van der Waals surface area contributed by atoms with Crippen LogP contribution in [-0.2, 0) is 4.74 Å². The zero-order valence-electron chi connectivity index (χ0n) is 10.6. The summed E-state index contributed by atoms with van der Waals surface area (Å²) in [5.41, 5.74) is 1.34. The SMILES string of the molecule is CNc1ccnc(C(=O)NCCC2CCOC2)c1. The summed E-state index contributed by atoms with van der Waals surface area (Å²) >= 11 is 0. The third-order valence-corrected chi connectivity index (χ3v) is 3.14. The van der Waals surface area contributed by atoms with Crippen molar-refractivity contribution < 1.29 is 9.53 Å². The first-order chi connectivity index (χ1) is 8.79. The quantitative estimate of drug-likeness (QED) is 0.825. The highest BCUT2D eigenvalue weighted by atomic mass is 16.5. The zero-order valence-corrected chi connectivity index (χ0v) is 10.6. The summed E-state index contributed by atoms with van der Waals surface area (Å²) in [4.78, 5) is 15.9. The van der Waals surface area contributed by atoms with Gasteiger partial charge in [0.2, 0.25) is 0 Å². The van der Waals surface area contributed by atoms with Gasteiger partial charge in [-0.3, -0.25) is 9.78 Å². The number of nitrogens with one attached hydrogen (secondary N) is 2. The van der Waals surface area contributed by atoms with Crippen LogP contribution in [0.15, 0.2) is 18.3 Å². The average Bonchev–Trinajstić information content (AvgIpc) is 2.92. The number of carbonyl (C=O) groups is 1. The Morgan fingerprint density at radius 3 is 3.22 bits per heavy atom. The monoisotopic (exact) mass is 249 g/mol. The normalized spacial score (nSPS) is 18.6. The molecule has 1 aliphatic rings. The average molecular weight is 249 g/mol. The van der Waals surface area contributed by atoms with Crippen molar-refractivity contribution in [1.82, 2.24) is 10.3 Å². The number of rotatable bonds is 5. The Morgan fingerprint density at radius 2 is 2.50 bits per heavy atom. The second-order valence-electron chi connectivity index (χ2n) is 4.45. The highest BCUT2D eigenvalue weighted by Crippen LogP contribution is 2.15. The first-order valence-corrected chi connectivity index (χ1v) is 6.29. The molecule has 0 aromatic carbocycles. The van der Waals surface area contributed by atoms with Gasteiger partial charge in [-0.1, -0.05) is 0 Å². The summed E-state index contributed by atoms with van der Waals surface area (Å²) in [5, 5.41) is 5.88. The third kappa shape index (κ3) is 3.43. The molecule has 2 N–H and O–H groups in total. The van der Waals surface area contributed by atoms with Gasteiger partial charge in [-0.25, -0.2) is 0 Å². The zero-order chi connectivity index (χ0) is 12.8. The number of hydrogen-bond acceptors (Lipinski definition) is 4. The van der Waals surface area contributed by atoms with E-state index in [9.17, 15) is 4.79 Å². The molecule has 1 aliphatic heterocycles. The lowest BCUT2D eigenvalue weighted by atomic mass is 10.1. The van der Waals surface area contributed by atoms with Crippen LogP contribution >= 0.6 is 0 Å². The van der Waals surface area contributed by atoms with Crippen molar-refractivity contribution in [3.63, 3.8) is 0 Å². The van der Waals surface area contributed by atoms with E-state index in [0.29, 0.717) is 18.2 Å². The van der Waals surface area contributed by atoms with E-state index in [1.54, 1.807) is 12.3 Å². The molecule has 1 aromatic heterocycles. The molecule has 5 heteroatoms. The highest BCUT2D eigenvalue weighted by Gasteiger charge is 2.15. The smallest absolute Gasteiger partial charge is 0.269 e. The maximum absolute atomic E-state index is 11.9. The topological polar surface area (TPSA) is 63.2 Å². The Hall–Kier alpha value is -1.62. The van der Waals surface area contributed by atoms with E-state index < -0.39 is 0 Å². The second-order valence-corrected chi connectivity index (χ2v) is 4.45. The van der Waals surface area contributed by atoms with Gasteiger partial charge >= 0.3 is 0 Å². The van der Waals surface area contributed by atoms with Crippen molar-refractivity contribution in [1.29, 1.82) is 0 Å². The molecule has 1 aromatic rings. The Kier molecular flexibility index (Phi) is 4.52. The van der Waals surface area contributed by atoms with Crippen LogP contribution < -0.4 is 10.6 Å². The molecule has 1 fully saturated rings. The second kappa shape index (κ2) is 6.35. The molecule has 0 radical (unpaired) electrons. The Labute approximate surface area is 107 Å². The summed E-state index contributed by atoms with van der Waals surface area (Å²) in [6.07, 6.45) is 3.70. The van der Waals surface area contributed by atoms with E-state index in [0.717, 1.165) is 31.7 Å². The van der Waals surface area contributed by atoms with Crippen molar-refractivity contribution >= 4 is 11.6 Å². The lowest BCUT2D eigenvalue weighted by molar-refractivity contribution is 0.0945. The molecule has 5 nitrogen and oxygen atoms in total. The largest absolute Gasteiger partial charge is 0.388 e. The lowest BCUT2D eigenvalue weighted by Gasteiger charge is -2.09. The van der Waals surface area contributed by atoms with Crippen molar-refractivity contribution in [3.05, 3.63) is 24.0 Å². The predicted molar refractivity (Wildman–Crippen MR) is 69.7 cm³/mol. The van der Waals surface area contributed by atoms with Crippen molar-refractivity contribution in [2.75, 3.05) is 32.1 Å². The van der Waals surface area contributed by atoms with Gasteiger partial charge < -0.3 is 15.4 Å². The number of pyridine rings is 1. The standard InChI is InChI=1S/C13H19N3O2/c1-14-11-3-6-15-12(8-11)13(17)16-5-2-10-4-7-18-9-10/h3,6,8,10H,2,4-5,7,9H2,1H3,(H,14,15)(H,16,17). The number of hydrogen-bond donors (Lipinski definition) is 2. The summed E-state index contributed by atoms with van der Waals surface area (Å²) in [6, 6.07) is 3.57. The molecule has 0 saturated carbocycles. The van der Waals surface area contributed by atoms with Gasteiger partial charge in [0.15, 0.2) is 0 Å². The molecule has 98 valence electrons. The van der Waals surface area contributed by atoms with Crippen LogP contribution in [-0.4, -0.2) is 37.7 Å². The van der Waals surface area contributed by atoms with Crippen LogP contribution in [0.3, 0.4) is 0 Å². The molecule has 0 spiro atoms. The molecule has 1 amide bonds. The minimum absolute atomic E-state index is 0.119. The van der Waals surface area contributed by atoms with E-state index in [-0.39, 0.29) is 5.91 Å². The van der Waals surface area contributed by atoms with Crippen LogP contribution in [0.1, 0.15) is 23.3 Å². The van der Waals surface area contributed by atoms with Crippen LogP contribution in [0.25, 0.3) is 0 Å². The number of anilines is 1. The third-order valence-electron chi connectivity index (χ3n) is 3.14. The number of carbonyl (C=O) groups excluding carboxylic acids is 1. The minimum atomic E-state index is -0.119. The predicted octanol–water partition coefficient (Wildman–Crippen LogP) is 1.28. The first kappa shape index (κ1) is 12.8. The van der Waals surface area contributed by atoms with E-state index in [2.05, 4.69) is 15.6 Å². The minimum Gasteiger partial charge on any atom is -0.388 e. The van der Waals surface area contributed by atoms with Crippen molar-refractivity contribution in [2.24, 2.45) is 5.92 Å². The summed E-state index contributed by atoms with van der Waals surface area (Å²) in [7, 11) is 1.82. The van der Waals surface area contributed by atoms with E-state index in [1.807, 2.05) is 13.1 Å². The van der Waals surface area contributed by atoms with Gasteiger partial charge in [-0.2, -0.15) is 0 Å². The van der Waals surface area contributed by atoms with Gasteiger partial charge in [0.25, 0.3) is 5.91 Å². The maximum Gasteiger partial charge on any atom is 0.269 e. The molecule has 2 rings (SSSR count). The Balaban J connectivity index is 1.79. The van der Waals surface area contributed by atoms with Crippen molar-refractivity contribution in [2.45, 2.75) is 12.8 Å². The lowest BCUT2D eigenvalue weighted by Crippen LogP contribution is -2.26. The van der Waals surface area contributed by atoms with Crippen LogP contribution in [0, 0.1) is 5.92 Å². The van der Waals surface area contributed by atoms with Gasteiger partial charge in [0, 0.05) is 38.7 Å². The summed E-state index contributed by atoms with van der Waals surface area (Å²) < 4.78 is 5.30. The van der Waals surface area contributed by atoms with Gasteiger partial charge in [-0.15, -0.1) is 0 Å². The molecule has 18 heavy (non-hydrogen) atoms. The van der Waals surface area contributed by atoms with Crippen LogP contribution in [0.5, 0.6) is 0 Å². The summed E-state index contributed by atoms with van der Waals surface area (Å²) in [5.74, 6) is 0.466. The fraction of sp³-hybridized carbons (Fsp3) is 0.538. The molecule has 2 heterocycles. The first-order valence-electron chi connectivity index (χ1n) is 6.29. The Morgan fingerprint density at radius 1 is 1.61 bits per heavy atom. The number of aromatic nitrogens is 1. The maximum atomic E-state index is 11.9. The molecule has 0 bridgehead atoms. The van der Waals surface area contributed by atoms with E-state index >= 15 is 0 Å². The van der Waals surface area contributed by atoms with Crippen LogP contribution in [0.4, 0.5) is 5.69 Å². The molecule has 1 saturated heterocycles. The van der Waals surface area contributed by atoms with Gasteiger partial charge in [0.1, 0.15) is 5.69 Å². The van der Waals surface area contributed by atoms with Crippen LogP contribution in [0.2, 0.25) is 0 Å². The summed E-state index contributed by atoms with van der Waals surface area (Å²) in [6.45, 7) is 2.35. The fourth-order valence-electron chi connectivity index (χ4n) is 2.00. The Bertz CT molecular complexity index is 403. The molecule has 1 unspecified atom stereocenters. The van der Waals surface area contributed by atoms with E-state index in [4.69, 9.17) is 4.74 Å². The number of amides is 1. The number of nitrogens with zero attached hydrogens (tertiary/aromatic N) is 1. The molecular weight excluding hydrogens is 230 g/mol.